The second-order valence-corrected chi connectivity index (χ2v) is 7.88. The van der Waals surface area contributed by atoms with Crippen molar-refractivity contribution in [2.24, 2.45) is 0 Å². The smallest absolute Gasteiger partial charge is 0.407 e. The standard InChI is InChI=1S/C25H23N3O6/c29-22-11-5-6-15(27-22)13-26-24(32)21(12-23(30)31)28-25(33)34-14-20-18-9-3-1-7-16(18)17-8-2-4-10-19(17)20/h1-11,20-21H,12-14H2,(H,26,32)(H,27,29)(H,28,33)(H,30,31). The molecule has 0 saturated heterocycles. The Morgan fingerprint density at radius 2 is 1.59 bits per heavy atom. The molecule has 4 rings (SSSR count). The van der Waals surface area contributed by atoms with Crippen molar-refractivity contribution in [2.45, 2.75) is 24.9 Å². The van der Waals surface area contributed by atoms with Gasteiger partial charge in [-0.1, -0.05) is 54.6 Å². The maximum absolute atomic E-state index is 12.5. The number of nitrogens with one attached hydrogen (secondary N) is 3. The summed E-state index contributed by atoms with van der Waals surface area (Å²) in [4.78, 5) is 50.2. The number of pyridine rings is 1. The van der Waals surface area contributed by atoms with Gasteiger partial charge in [-0.15, -0.1) is 0 Å². The van der Waals surface area contributed by atoms with Crippen molar-refractivity contribution in [3.05, 3.63) is 93.9 Å². The minimum absolute atomic E-state index is 0.0304. The number of aliphatic carboxylic acids is 1. The highest BCUT2D eigenvalue weighted by molar-refractivity contribution is 5.89. The van der Waals surface area contributed by atoms with Crippen LogP contribution in [-0.4, -0.2) is 40.7 Å². The number of carbonyl (C=O) groups excluding carboxylic acids is 2. The van der Waals surface area contributed by atoms with Crippen LogP contribution in [0.25, 0.3) is 11.1 Å². The van der Waals surface area contributed by atoms with Crippen molar-refractivity contribution < 1.29 is 24.2 Å². The minimum atomic E-state index is -1.34. The van der Waals surface area contributed by atoms with Crippen molar-refractivity contribution in [1.82, 2.24) is 15.6 Å². The van der Waals surface area contributed by atoms with Gasteiger partial charge >= 0.3 is 12.1 Å². The molecule has 1 aromatic heterocycles. The molecule has 4 N–H and O–H groups in total. The molecule has 0 saturated carbocycles. The number of alkyl carbamates (subject to hydrolysis) is 1. The van der Waals surface area contributed by atoms with Crippen LogP contribution in [0.5, 0.6) is 0 Å². The van der Waals surface area contributed by atoms with E-state index in [4.69, 9.17) is 9.84 Å². The summed E-state index contributed by atoms with van der Waals surface area (Å²) >= 11 is 0. The number of aromatic nitrogens is 1. The molecule has 0 bridgehead atoms. The van der Waals surface area contributed by atoms with E-state index in [1.165, 1.54) is 12.1 Å². The van der Waals surface area contributed by atoms with Crippen molar-refractivity contribution in [1.29, 1.82) is 0 Å². The summed E-state index contributed by atoms with van der Waals surface area (Å²) in [5.74, 6) is -2.13. The Hall–Kier alpha value is -4.40. The van der Waals surface area contributed by atoms with Gasteiger partial charge < -0.3 is 25.5 Å². The number of rotatable bonds is 8. The fourth-order valence-corrected chi connectivity index (χ4v) is 4.07. The number of benzene rings is 2. The van der Waals surface area contributed by atoms with E-state index < -0.39 is 30.4 Å². The van der Waals surface area contributed by atoms with E-state index in [-0.39, 0.29) is 24.6 Å². The van der Waals surface area contributed by atoms with Gasteiger partial charge in [0, 0.05) is 17.7 Å². The van der Waals surface area contributed by atoms with Gasteiger partial charge in [-0.05, 0) is 28.3 Å². The molecule has 0 spiro atoms. The van der Waals surface area contributed by atoms with Gasteiger partial charge in [-0.25, -0.2) is 4.79 Å². The van der Waals surface area contributed by atoms with E-state index in [0.717, 1.165) is 22.3 Å². The zero-order valence-corrected chi connectivity index (χ0v) is 18.1. The van der Waals surface area contributed by atoms with E-state index in [1.54, 1.807) is 6.07 Å². The van der Waals surface area contributed by atoms with Crippen molar-refractivity contribution in [2.75, 3.05) is 6.61 Å². The molecule has 1 heterocycles. The number of ether oxygens (including phenoxy) is 1. The first-order chi connectivity index (χ1) is 16.4. The average molecular weight is 461 g/mol. The van der Waals surface area contributed by atoms with Crippen LogP contribution in [-0.2, 0) is 20.9 Å². The fourth-order valence-electron chi connectivity index (χ4n) is 4.07. The molecule has 0 aliphatic heterocycles. The number of amides is 2. The Bertz CT molecular complexity index is 1240. The normalized spacial score (nSPS) is 12.8. The number of H-pyrrole nitrogens is 1. The summed E-state index contributed by atoms with van der Waals surface area (Å²) < 4.78 is 5.41. The SMILES string of the molecule is O=C(O)CC(NC(=O)OCC1c2ccccc2-c2ccccc21)C(=O)NCc1cccc(=O)[nH]1. The third kappa shape index (κ3) is 5.15. The van der Waals surface area contributed by atoms with Crippen molar-refractivity contribution in [3.63, 3.8) is 0 Å². The molecule has 0 radical (unpaired) electrons. The summed E-state index contributed by atoms with van der Waals surface area (Å²) in [5, 5.41) is 14.0. The maximum Gasteiger partial charge on any atom is 0.407 e. The van der Waals surface area contributed by atoms with Crippen LogP contribution < -0.4 is 16.2 Å². The zero-order chi connectivity index (χ0) is 24.1. The molecule has 2 amide bonds. The molecule has 2 aromatic carbocycles. The highest BCUT2D eigenvalue weighted by Crippen LogP contribution is 2.44. The Morgan fingerprint density at radius 1 is 0.941 bits per heavy atom. The number of carbonyl (C=O) groups is 3. The fraction of sp³-hybridized carbons (Fsp3) is 0.200. The number of hydrogen-bond acceptors (Lipinski definition) is 5. The molecule has 0 fully saturated rings. The largest absolute Gasteiger partial charge is 0.481 e. The average Bonchev–Trinajstić information content (AvgIpc) is 3.14. The number of carboxylic acid groups (broad SMARTS) is 1. The van der Waals surface area contributed by atoms with E-state index in [1.807, 2.05) is 48.5 Å². The summed E-state index contributed by atoms with van der Waals surface area (Å²) in [7, 11) is 0. The van der Waals surface area contributed by atoms with E-state index in [2.05, 4.69) is 15.6 Å². The summed E-state index contributed by atoms with van der Waals surface area (Å²) in [6.45, 7) is 0.00389. The molecule has 9 heteroatoms. The first kappa shape index (κ1) is 22.8. The first-order valence-corrected chi connectivity index (χ1v) is 10.7. The van der Waals surface area contributed by atoms with Crippen LogP contribution in [0, 0.1) is 0 Å². The summed E-state index contributed by atoms with van der Waals surface area (Å²) in [6.07, 6.45) is -1.52. The molecule has 1 atom stereocenters. The van der Waals surface area contributed by atoms with Gasteiger partial charge in [-0.2, -0.15) is 0 Å². The second-order valence-electron chi connectivity index (χ2n) is 7.88. The molecule has 1 aliphatic rings. The molecule has 9 nitrogen and oxygen atoms in total. The van der Waals surface area contributed by atoms with E-state index in [0.29, 0.717) is 5.69 Å². The third-order valence-electron chi connectivity index (χ3n) is 5.61. The van der Waals surface area contributed by atoms with Gasteiger partial charge in [0.2, 0.25) is 11.5 Å². The van der Waals surface area contributed by atoms with Gasteiger partial charge in [-0.3, -0.25) is 14.4 Å². The summed E-state index contributed by atoms with van der Waals surface area (Å²) in [5.41, 5.74) is 4.34. The Labute approximate surface area is 194 Å². The maximum atomic E-state index is 12.5. The van der Waals surface area contributed by atoms with E-state index in [9.17, 15) is 19.2 Å². The number of aromatic amines is 1. The molecular formula is C25H23N3O6. The Morgan fingerprint density at radius 3 is 2.21 bits per heavy atom. The van der Waals surface area contributed by atoms with E-state index >= 15 is 0 Å². The number of carboxylic acids is 1. The molecular weight excluding hydrogens is 438 g/mol. The second kappa shape index (κ2) is 10.0. The molecule has 1 unspecified atom stereocenters. The molecule has 1 aliphatic carbocycles. The van der Waals surface area contributed by atoms with Gasteiger partial charge in [0.25, 0.3) is 0 Å². The Kier molecular flexibility index (Phi) is 6.72. The third-order valence-corrected chi connectivity index (χ3v) is 5.61. The quantitative estimate of drug-likeness (QED) is 0.406. The number of fused-ring (bicyclic) bond motifs is 3. The molecule has 174 valence electrons. The van der Waals surface area contributed by atoms with Crippen LogP contribution in [0.2, 0.25) is 0 Å². The number of hydrogen-bond donors (Lipinski definition) is 4. The predicted molar refractivity (Wildman–Crippen MR) is 123 cm³/mol. The lowest BCUT2D eigenvalue weighted by Crippen LogP contribution is -2.48. The topological polar surface area (TPSA) is 138 Å². The highest BCUT2D eigenvalue weighted by atomic mass is 16.5. The predicted octanol–water partition coefficient (Wildman–Crippen LogP) is 2.37. The minimum Gasteiger partial charge on any atom is -0.481 e. The monoisotopic (exact) mass is 461 g/mol. The zero-order valence-electron chi connectivity index (χ0n) is 18.1. The lowest BCUT2D eigenvalue weighted by Gasteiger charge is -2.18. The Balaban J connectivity index is 1.39. The van der Waals surface area contributed by atoms with Crippen LogP contribution in [0.15, 0.2) is 71.5 Å². The highest BCUT2D eigenvalue weighted by Gasteiger charge is 2.30. The van der Waals surface area contributed by atoms with Crippen LogP contribution in [0.4, 0.5) is 4.79 Å². The van der Waals surface area contributed by atoms with Crippen molar-refractivity contribution >= 4 is 18.0 Å². The van der Waals surface area contributed by atoms with Crippen LogP contribution >= 0.6 is 0 Å². The lowest BCUT2D eigenvalue weighted by molar-refractivity contribution is -0.139. The van der Waals surface area contributed by atoms with Gasteiger partial charge in [0.15, 0.2) is 0 Å². The summed E-state index contributed by atoms with van der Waals surface area (Å²) in [6, 6.07) is 18.9. The molecule has 3 aromatic rings. The van der Waals surface area contributed by atoms with Crippen molar-refractivity contribution in [3.8, 4) is 11.1 Å². The molecule has 34 heavy (non-hydrogen) atoms. The van der Waals surface area contributed by atoms with Crippen LogP contribution in [0.1, 0.15) is 29.2 Å². The van der Waals surface area contributed by atoms with Gasteiger partial charge in [0.1, 0.15) is 12.6 Å². The first-order valence-electron chi connectivity index (χ1n) is 10.7. The van der Waals surface area contributed by atoms with Crippen LogP contribution in [0.3, 0.4) is 0 Å². The van der Waals surface area contributed by atoms with Gasteiger partial charge in [0.05, 0.1) is 13.0 Å². The lowest BCUT2D eigenvalue weighted by atomic mass is 9.98.